The molecule has 6 heteroatoms. The highest BCUT2D eigenvalue weighted by molar-refractivity contribution is 6.20. The van der Waals surface area contributed by atoms with Crippen molar-refractivity contribution in [3.05, 3.63) is 152 Å². The van der Waals surface area contributed by atoms with Crippen LogP contribution in [0, 0.1) is 0 Å². The Morgan fingerprint density at radius 2 is 1.18 bits per heavy atom. The monoisotopic (exact) mass is 627 g/mol. The Balaban J connectivity index is 1.15. The van der Waals surface area contributed by atoms with Crippen molar-refractivity contribution in [2.24, 2.45) is 0 Å². The summed E-state index contributed by atoms with van der Waals surface area (Å²) in [5.74, 6) is 1.76. The van der Waals surface area contributed by atoms with E-state index in [0.29, 0.717) is 17.5 Å². The van der Waals surface area contributed by atoms with Crippen LogP contribution in [0.25, 0.3) is 99.7 Å². The molecule has 0 unspecified atom stereocenters. The van der Waals surface area contributed by atoms with Crippen LogP contribution in [-0.4, -0.2) is 24.9 Å². The lowest BCUT2D eigenvalue weighted by Crippen LogP contribution is -2.00. The summed E-state index contributed by atoms with van der Waals surface area (Å²) in [4.78, 5) is 24.3. The van der Waals surface area contributed by atoms with Crippen LogP contribution in [0.15, 0.2) is 156 Å². The number of furan rings is 1. The number of hydrogen-bond acceptors (Lipinski definition) is 6. The molecule has 0 aliphatic rings. The molecular weight excluding hydrogens is 603 g/mol. The summed E-state index contributed by atoms with van der Waals surface area (Å²) in [7, 11) is 0. The normalized spacial score (nSPS) is 11.7. The third-order valence-electron chi connectivity index (χ3n) is 9.27. The van der Waals surface area contributed by atoms with Gasteiger partial charge in [-0.1, -0.05) is 109 Å². The third kappa shape index (κ3) is 4.46. The zero-order valence-electron chi connectivity index (χ0n) is 26.1. The van der Waals surface area contributed by atoms with Crippen molar-refractivity contribution >= 4 is 54.4 Å². The molecule has 4 heterocycles. The van der Waals surface area contributed by atoms with Gasteiger partial charge in [0, 0.05) is 57.0 Å². The first kappa shape index (κ1) is 27.3. The minimum absolute atomic E-state index is 0.571. The molecular formula is C43H25N5O. The molecule has 0 saturated heterocycles. The molecule has 0 fully saturated rings. The molecule has 6 nitrogen and oxygen atoms in total. The number of nitrogens with zero attached hydrogens (tertiary/aromatic N) is 5. The van der Waals surface area contributed by atoms with E-state index in [-0.39, 0.29) is 0 Å². The van der Waals surface area contributed by atoms with E-state index in [0.717, 1.165) is 60.7 Å². The zero-order valence-corrected chi connectivity index (χ0v) is 26.1. The van der Waals surface area contributed by atoms with Crippen molar-refractivity contribution in [2.45, 2.75) is 0 Å². The average Bonchev–Trinajstić information content (AvgIpc) is 3.57. The van der Waals surface area contributed by atoms with Crippen LogP contribution in [-0.2, 0) is 0 Å². The first-order chi connectivity index (χ1) is 24.3. The number of fused-ring (bicyclic) bond motifs is 8. The molecule has 10 aromatic rings. The van der Waals surface area contributed by atoms with Crippen molar-refractivity contribution in [3.63, 3.8) is 0 Å². The summed E-state index contributed by atoms with van der Waals surface area (Å²) in [5, 5.41) is 7.84. The largest absolute Gasteiger partial charge is 0.456 e. The molecule has 4 aromatic heterocycles. The van der Waals surface area contributed by atoms with E-state index in [1.807, 2.05) is 73.1 Å². The van der Waals surface area contributed by atoms with Crippen molar-refractivity contribution in [1.82, 2.24) is 24.9 Å². The van der Waals surface area contributed by atoms with Crippen molar-refractivity contribution in [2.75, 3.05) is 0 Å². The number of hydrogen-bond donors (Lipinski definition) is 0. The van der Waals surface area contributed by atoms with Crippen LogP contribution in [0.5, 0.6) is 0 Å². The fraction of sp³-hybridized carbons (Fsp3) is 0. The van der Waals surface area contributed by atoms with Crippen LogP contribution in [0.4, 0.5) is 0 Å². The summed E-state index contributed by atoms with van der Waals surface area (Å²) in [5.41, 5.74) is 7.33. The molecule has 228 valence electrons. The number of rotatable bonds is 4. The van der Waals surface area contributed by atoms with Gasteiger partial charge in [-0.2, -0.15) is 0 Å². The average molecular weight is 628 g/mol. The third-order valence-corrected chi connectivity index (χ3v) is 9.27. The van der Waals surface area contributed by atoms with E-state index in [1.165, 1.54) is 21.5 Å². The van der Waals surface area contributed by atoms with E-state index in [9.17, 15) is 0 Å². The molecule has 6 aromatic carbocycles. The molecule has 0 N–H and O–H groups in total. The molecule has 49 heavy (non-hydrogen) atoms. The lowest BCUT2D eigenvalue weighted by atomic mass is 9.93. The summed E-state index contributed by atoms with van der Waals surface area (Å²) < 4.78 is 6.16. The summed E-state index contributed by atoms with van der Waals surface area (Å²) >= 11 is 0. The topological polar surface area (TPSA) is 77.6 Å². The van der Waals surface area contributed by atoms with Crippen molar-refractivity contribution in [3.8, 4) is 45.3 Å². The fourth-order valence-corrected chi connectivity index (χ4v) is 6.95. The Bertz CT molecular complexity index is 2880. The Kier molecular flexibility index (Phi) is 6.08. The van der Waals surface area contributed by atoms with Gasteiger partial charge >= 0.3 is 0 Å². The maximum absolute atomic E-state index is 6.16. The second kappa shape index (κ2) is 10.9. The molecule has 0 saturated carbocycles. The Morgan fingerprint density at radius 3 is 2.06 bits per heavy atom. The molecule has 0 aliphatic heterocycles. The highest BCUT2D eigenvalue weighted by Gasteiger charge is 2.18. The molecule has 10 rings (SSSR count). The van der Waals surface area contributed by atoms with Crippen LogP contribution in [0.3, 0.4) is 0 Å². The molecule has 0 spiro atoms. The summed E-state index contributed by atoms with van der Waals surface area (Å²) in [6.45, 7) is 0. The Hall–Kier alpha value is -6.79. The van der Waals surface area contributed by atoms with Crippen molar-refractivity contribution in [1.29, 1.82) is 0 Å². The molecule has 0 radical (unpaired) electrons. The van der Waals surface area contributed by atoms with E-state index in [1.54, 1.807) is 6.20 Å². The summed E-state index contributed by atoms with van der Waals surface area (Å²) in [6.07, 6.45) is 5.43. The Morgan fingerprint density at radius 1 is 0.429 bits per heavy atom. The number of pyridine rings is 2. The predicted octanol–water partition coefficient (Wildman–Crippen LogP) is 10.7. The molecule has 0 amide bonds. The first-order valence-corrected chi connectivity index (χ1v) is 16.2. The second-order valence-corrected chi connectivity index (χ2v) is 12.1. The van der Waals surface area contributed by atoms with Crippen LogP contribution >= 0.6 is 0 Å². The SMILES string of the molecule is c1ccc(-c2nc(-c3ccc(-c4cc5c6ccccc6ccc5c5cccnc45)cc3)nc(-c3cccc4oc5ccncc5c34)n2)cc1. The van der Waals surface area contributed by atoms with Gasteiger partial charge < -0.3 is 4.42 Å². The van der Waals surface area contributed by atoms with Gasteiger partial charge in [0.1, 0.15) is 11.2 Å². The highest BCUT2D eigenvalue weighted by atomic mass is 16.3. The van der Waals surface area contributed by atoms with Crippen LogP contribution in [0.2, 0.25) is 0 Å². The fourth-order valence-electron chi connectivity index (χ4n) is 6.95. The number of benzene rings is 6. The van der Waals surface area contributed by atoms with Crippen LogP contribution < -0.4 is 0 Å². The van der Waals surface area contributed by atoms with E-state index in [4.69, 9.17) is 24.4 Å². The van der Waals surface area contributed by atoms with Gasteiger partial charge in [0.15, 0.2) is 17.5 Å². The first-order valence-electron chi connectivity index (χ1n) is 16.2. The maximum Gasteiger partial charge on any atom is 0.164 e. The standard InChI is InChI=1S/C43H25N5O/c1-2-9-28(10-3-1)41-46-42(48-43(47-41)33-12-6-14-38-39(33)36-25-44-23-21-37(36)49-38)29-17-15-27(16-18-29)34-24-35-30-11-5-4-8-26(30)19-20-31(35)32-13-7-22-45-40(32)34/h1-25H. The minimum atomic E-state index is 0.571. The van der Waals surface area contributed by atoms with E-state index >= 15 is 0 Å². The second-order valence-electron chi connectivity index (χ2n) is 12.1. The molecule has 0 aliphatic carbocycles. The highest BCUT2D eigenvalue weighted by Crippen LogP contribution is 2.39. The van der Waals surface area contributed by atoms with Gasteiger partial charge in [-0.25, -0.2) is 15.0 Å². The quantitative estimate of drug-likeness (QED) is 0.181. The smallest absolute Gasteiger partial charge is 0.164 e. The lowest BCUT2D eigenvalue weighted by Gasteiger charge is -2.13. The van der Waals surface area contributed by atoms with E-state index in [2.05, 4.69) is 77.8 Å². The molecule has 0 bridgehead atoms. The van der Waals surface area contributed by atoms with Crippen LogP contribution in [0.1, 0.15) is 0 Å². The minimum Gasteiger partial charge on any atom is -0.456 e. The van der Waals surface area contributed by atoms with Gasteiger partial charge in [0.2, 0.25) is 0 Å². The van der Waals surface area contributed by atoms with Gasteiger partial charge in [-0.05, 0) is 51.4 Å². The van der Waals surface area contributed by atoms with Gasteiger partial charge in [0.25, 0.3) is 0 Å². The van der Waals surface area contributed by atoms with Crippen molar-refractivity contribution < 1.29 is 4.42 Å². The zero-order chi connectivity index (χ0) is 32.3. The van der Waals surface area contributed by atoms with E-state index < -0.39 is 0 Å². The predicted molar refractivity (Wildman–Crippen MR) is 197 cm³/mol. The van der Waals surface area contributed by atoms with Gasteiger partial charge in [-0.3, -0.25) is 9.97 Å². The van der Waals surface area contributed by atoms with Gasteiger partial charge in [-0.15, -0.1) is 0 Å². The molecule has 0 atom stereocenters. The Labute approximate surface area is 280 Å². The lowest BCUT2D eigenvalue weighted by molar-refractivity contribution is 0.668. The van der Waals surface area contributed by atoms with Gasteiger partial charge in [0.05, 0.1) is 5.52 Å². The maximum atomic E-state index is 6.16. The number of aromatic nitrogens is 5. The summed E-state index contributed by atoms with van der Waals surface area (Å²) in [6, 6.07) is 45.7.